The molecule has 1 aliphatic heterocycles. The summed E-state index contributed by atoms with van der Waals surface area (Å²) in [5.74, 6) is -0.550. The van der Waals surface area contributed by atoms with Crippen LogP contribution < -0.4 is 5.32 Å². The Balaban J connectivity index is 1.51. The predicted molar refractivity (Wildman–Crippen MR) is 112 cm³/mol. The molecule has 0 unspecified atom stereocenters. The lowest BCUT2D eigenvalue weighted by atomic mass is 9.98. The maximum Gasteiger partial charge on any atom is 0.262 e. The van der Waals surface area contributed by atoms with Gasteiger partial charge in [-0.1, -0.05) is 36.4 Å². The van der Waals surface area contributed by atoms with Gasteiger partial charge in [-0.25, -0.2) is 13.4 Å². The van der Waals surface area contributed by atoms with E-state index in [4.69, 9.17) is 0 Å². The Morgan fingerprint density at radius 3 is 2.79 bits per heavy atom. The maximum atomic E-state index is 12.9. The second kappa shape index (κ2) is 7.96. The van der Waals surface area contributed by atoms with E-state index in [1.807, 2.05) is 49.4 Å². The van der Waals surface area contributed by atoms with Crippen molar-refractivity contribution >= 4 is 32.4 Å². The van der Waals surface area contributed by atoms with Crippen LogP contribution in [0.5, 0.6) is 0 Å². The molecule has 4 rings (SSSR count). The number of rotatable bonds is 5. The van der Waals surface area contributed by atoms with Crippen LogP contribution in [0.4, 0.5) is 5.69 Å². The number of amides is 1. The monoisotopic (exact) mass is 412 g/mol. The Kier molecular flexibility index (Phi) is 5.38. The zero-order valence-corrected chi connectivity index (χ0v) is 17.1. The van der Waals surface area contributed by atoms with Crippen LogP contribution in [-0.2, 0) is 21.4 Å². The number of nitrogens with zero attached hydrogens (tertiary/aromatic N) is 3. The minimum atomic E-state index is -3.70. The van der Waals surface area contributed by atoms with E-state index >= 15 is 0 Å². The molecule has 1 amide bonds. The Labute approximate surface area is 170 Å². The number of imidazole rings is 1. The van der Waals surface area contributed by atoms with Crippen LogP contribution >= 0.6 is 0 Å². The molecule has 1 N–H and O–H groups in total. The van der Waals surface area contributed by atoms with Crippen molar-refractivity contribution in [2.45, 2.75) is 31.3 Å². The summed E-state index contributed by atoms with van der Waals surface area (Å²) < 4.78 is 29.0. The van der Waals surface area contributed by atoms with E-state index in [0.29, 0.717) is 25.9 Å². The van der Waals surface area contributed by atoms with E-state index < -0.39 is 15.9 Å². The molecule has 2 aromatic carbocycles. The van der Waals surface area contributed by atoms with Crippen molar-refractivity contribution in [1.29, 1.82) is 0 Å². The molecular formula is C21H24N4O3S. The molecule has 1 atom stereocenters. The van der Waals surface area contributed by atoms with Crippen LogP contribution in [0.25, 0.3) is 10.8 Å². The third-order valence-electron chi connectivity index (χ3n) is 5.38. The number of fused-ring (bicyclic) bond motifs is 1. The Morgan fingerprint density at radius 2 is 2.00 bits per heavy atom. The average Bonchev–Trinajstić information content (AvgIpc) is 3.24. The molecule has 0 spiro atoms. The molecule has 152 valence electrons. The molecule has 0 bridgehead atoms. The van der Waals surface area contributed by atoms with Gasteiger partial charge < -0.3 is 9.88 Å². The van der Waals surface area contributed by atoms with E-state index in [0.717, 1.165) is 16.5 Å². The lowest BCUT2D eigenvalue weighted by molar-refractivity contribution is -0.120. The van der Waals surface area contributed by atoms with Crippen LogP contribution in [0.3, 0.4) is 0 Å². The highest BCUT2D eigenvalue weighted by atomic mass is 32.2. The van der Waals surface area contributed by atoms with Crippen LogP contribution in [-0.4, -0.2) is 41.3 Å². The van der Waals surface area contributed by atoms with E-state index in [1.165, 1.54) is 16.8 Å². The SMILES string of the molecule is CCn1cnc(S(=O)(=O)N2CCC[C@@H](C(=O)Nc3cccc4ccccc34)C2)c1. The number of carbonyl (C=O) groups excluding carboxylic acids is 1. The van der Waals surface area contributed by atoms with Gasteiger partial charge in [0.1, 0.15) is 0 Å². The lowest BCUT2D eigenvalue weighted by Gasteiger charge is -2.30. The Bertz CT molecular complexity index is 1130. The maximum absolute atomic E-state index is 12.9. The normalized spacial score (nSPS) is 18.0. The highest BCUT2D eigenvalue weighted by molar-refractivity contribution is 7.89. The zero-order valence-electron chi connectivity index (χ0n) is 16.3. The molecule has 0 saturated carbocycles. The molecule has 7 nitrogen and oxygen atoms in total. The van der Waals surface area contributed by atoms with Gasteiger partial charge in [-0.2, -0.15) is 4.31 Å². The second-order valence-corrected chi connectivity index (χ2v) is 9.15. The number of hydrogen-bond donors (Lipinski definition) is 1. The van der Waals surface area contributed by atoms with Crippen LogP contribution in [0.1, 0.15) is 19.8 Å². The summed E-state index contributed by atoms with van der Waals surface area (Å²) >= 11 is 0. The van der Waals surface area contributed by atoms with Crippen molar-refractivity contribution in [3.05, 3.63) is 55.0 Å². The quantitative estimate of drug-likeness (QED) is 0.698. The first-order valence-electron chi connectivity index (χ1n) is 9.79. The average molecular weight is 413 g/mol. The first-order valence-corrected chi connectivity index (χ1v) is 11.2. The molecule has 0 aliphatic carbocycles. The van der Waals surface area contributed by atoms with Crippen molar-refractivity contribution in [2.75, 3.05) is 18.4 Å². The van der Waals surface area contributed by atoms with E-state index in [2.05, 4.69) is 10.3 Å². The fourth-order valence-electron chi connectivity index (χ4n) is 3.72. The smallest absolute Gasteiger partial charge is 0.262 e. The number of benzene rings is 2. The number of piperidine rings is 1. The number of aromatic nitrogens is 2. The predicted octanol–water partition coefficient (Wildman–Crippen LogP) is 3.10. The van der Waals surface area contributed by atoms with Gasteiger partial charge in [0.05, 0.1) is 12.2 Å². The molecule has 1 fully saturated rings. The number of aryl methyl sites for hydroxylation is 1. The number of anilines is 1. The van der Waals surface area contributed by atoms with Gasteiger partial charge in [0.15, 0.2) is 5.03 Å². The molecule has 8 heteroatoms. The first kappa shape index (κ1) is 19.6. The summed E-state index contributed by atoms with van der Waals surface area (Å²) in [4.78, 5) is 17.0. The molecule has 1 aromatic heterocycles. The fraction of sp³-hybridized carbons (Fsp3) is 0.333. The molecular weight excluding hydrogens is 388 g/mol. The van der Waals surface area contributed by atoms with Gasteiger partial charge in [0.2, 0.25) is 5.91 Å². The highest BCUT2D eigenvalue weighted by Gasteiger charge is 2.34. The van der Waals surface area contributed by atoms with Gasteiger partial charge in [0.25, 0.3) is 10.0 Å². The van der Waals surface area contributed by atoms with Crippen LogP contribution in [0.15, 0.2) is 60.0 Å². The highest BCUT2D eigenvalue weighted by Crippen LogP contribution is 2.27. The van der Waals surface area contributed by atoms with Gasteiger partial charge in [0, 0.05) is 36.9 Å². The molecule has 1 aliphatic rings. The summed E-state index contributed by atoms with van der Waals surface area (Å²) in [7, 11) is -3.70. The van der Waals surface area contributed by atoms with Crippen molar-refractivity contribution in [3.63, 3.8) is 0 Å². The summed E-state index contributed by atoms with van der Waals surface area (Å²) in [6, 6.07) is 13.6. The Morgan fingerprint density at radius 1 is 1.21 bits per heavy atom. The number of sulfonamides is 1. The van der Waals surface area contributed by atoms with Crippen LogP contribution in [0.2, 0.25) is 0 Å². The van der Waals surface area contributed by atoms with Crippen molar-refractivity contribution < 1.29 is 13.2 Å². The first-order chi connectivity index (χ1) is 14.0. The number of hydrogen-bond acceptors (Lipinski definition) is 4. The molecule has 29 heavy (non-hydrogen) atoms. The summed E-state index contributed by atoms with van der Waals surface area (Å²) in [6.07, 6.45) is 4.35. The third kappa shape index (κ3) is 3.90. The molecule has 0 radical (unpaired) electrons. The topological polar surface area (TPSA) is 84.3 Å². The summed E-state index contributed by atoms with van der Waals surface area (Å²) in [6.45, 7) is 3.14. The van der Waals surface area contributed by atoms with Gasteiger partial charge in [-0.05, 0) is 31.2 Å². The Hall–Kier alpha value is -2.71. The third-order valence-corrected chi connectivity index (χ3v) is 7.13. The number of carbonyl (C=O) groups is 1. The minimum Gasteiger partial charge on any atom is -0.336 e. The zero-order chi connectivity index (χ0) is 20.4. The van der Waals surface area contributed by atoms with Crippen molar-refractivity contribution in [2.24, 2.45) is 5.92 Å². The van der Waals surface area contributed by atoms with E-state index in [-0.39, 0.29) is 17.5 Å². The van der Waals surface area contributed by atoms with E-state index in [9.17, 15) is 13.2 Å². The largest absolute Gasteiger partial charge is 0.336 e. The van der Waals surface area contributed by atoms with Crippen molar-refractivity contribution in [3.8, 4) is 0 Å². The molecule has 1 saturated heterocycles. The van der Waals surface area contributed by atoms with Gasteiger partial charge >= 0.3 is 0 Å². The standard InChI is InChI=1S/C21H24N4O3S/c1-2-24-14-20(22-15-24)29(27,28)25-12-6-9-17(13-25)21(26)23-19-11-5-8-16-7-3-4-10-18(16)19/h3-5,7-8,10-11,14-15,17H,2,6,9,12-13H2,1H3,(H,23,26)/t17-/m1/s1. The van der Waals surface area contributed by atoms with E-state index in [1.54, 1.807) is 4.57 Å². The number of nitrogens with one attached hydrogen (secondary N) is 1. The van der Waals surface area contributed by atoms with Crippen LogP contribution in [0, 0.1) is 5.92 Å². The lowest BCUT2D eigenvalue weighted by Crippen LogP contribution is -2.43. The van der Waals surface area contributed by atoms with Crippen molar-refractivity contribution in [1.82, 2.24) is 13.9 Å². The summed E-state index contributed by atoms with van der Waals surface area (Å²) in [5, 5.41) is 5.05. The second-order valence-electron chi connectivity index (χ2n) is 7.26. The van der Waals surface area contributed by atoms with Gasteiger partial charge in [-0.3, -0.25) is 4.79 Å². The summed E-state index contributed by atoms with van der Waals surface area (Å²) in [5.41, 5.74) is 0.745. The molecule has 2 heterocycles. The fourth-order valence-corrected chi connectivity index (χ4v) is 5.18. The minimum absolute atomic E-state index is 0.0365. The van der Waals surface area contributed by atoms with Gasteiger partial charge in [-0.15, -0.1) is 0 Å². The molecule has 3 aromatic rings.